The molecular weight excluding hydrogens is 250 g/mol. The van der Waals surface area contributed by atoms with Gasteiger partial charge >= 0.3 is 0 Å². The first-order valence-electron chi connectivity index (χ1n) is 6.95. The number of hydrogen-bond acceptors (Lipinski definition) is 4. The molecule has 1 aliphatic heterocycles. The summed E-state index contributed by atoms with van der Waals surface area (Å²) in [5.41, 5.74) is 4.50. The molecule has 1 unspecified atom stereocenters. The first-order valence-corrected chi connectivity index (χ1v) is 6.95. The standard InChI is InChI=1S/C16H19N3O/c1-11-3-4-16-13(5-11)6-15(20-16)10-17-8-14-9-18-12(2)7-19-14/h3-5,7,9,15,17H,6,8,10H2,1-2H3. The van der Waals surface area contributed by atoms with Gasteiger partial charge in [0.15, 0.2) is 0 Å². The number of nitrogens with one attached hydrogen (secondary N) is 1. The van der Waals surface area contributed by atoms with Crippen LogP contribution in [0.25, 0.3) is 0 Å². The zero-order valence-electron chi connectivity index (χ0n) is 11.9. The van der Waals surface area contributed by atoms with Crippen LogP contribution in [0.4, 0.5) is 0 Å². The Morgan fingerprint density at radius 1 is 1.25 bits per heavy atom. The summed E-state index contributed by atoms with van der Waals surface area (Å²) in [5.74, 6) is 1.03. The van der Waals surface area contributed by atoms with Crippen LogP contribution in [0.5, 0.6) is 5.75 Å². The first-order chi connectivity index (χ1) is 9.70. The van der Waals surface area contributed by atoms with E-state index in [9.17, 15) is 0 Å². The fourth-order valence-electron chi connectivity index (χ4n) is 2.43. The molecule has 1 aromatic heterocycles. The minimum atomic E-state index is 0.213. The number of nitrogens with zero attached hydrogens (tertiary/aromatic N) is 2. The molecule has 1 aliphatic rings. The molecule has 0 saturated carbocycles. The van der Waals surface area contributed by atoms with Gasteiger partial charge in [0.05, 0.1) is 11.4 Å². The number of rotatable bonds is 4. The lowest BCUT2D eigenvalue weighted by atomic mass is 10.1. The van der Waals surface area contributed by atoms with E-state index in [2.05, 4.69) is 40.4 Å². The van der Waals surface area contributed by atoms with Crippen molar-refractivity contribution in [3.05, 3.63) is 53.1 Å². The fourth-order valence-corrected chi connectivity index (χ4v) is 2.43. The Hall–Kier alpha value is -1.94. The SMILES string of the molecule is Cc1ccc2c(c1)CC(CNCc1cnc(C)cn1)O2. The molecule has 0 fully saturated rings. The van der Waals surface area contributed by atoms with E-state index in [0.717, 1.165) is 36.6 Å². The molecule has 4 heteroatoms. The number of benzene rings is 1. The van der Waals surface area contributed by atoms with Crippen LogP contribution in [0.2, 0.25) is 0 Å². The molecule has 20 heavy (non-hydrogen) atoms. The minimum absolute atomic E-state index is 0.213. The zero-order chi connectivity index (χ0) is 13.9. The van der Waals surface area contributed by atoms with Crippen molar-refractivity contribution in [1.29, 1.82) is 0 Å². The summed E-state index contributed by atoms with van der Waals surface area (Å²) in [6.07, 6.45) is 4.80. The van der Waals surface area contributed by atoms with Gasteiger partial charge in [0, 0.05) is 31.9 Å². The summed E-state index contributed by atoms with van der Waals surface area (Å²) in [6.45, 7) is 5.60. The highest BCUT2D eigenvalue weighted by molar-refractivity contribution is 5.40. The summed E-state index contributed by atoms with van der Waals surface area (Å²) in [7, 11) is 0. The summed E-state index contributed by atoms with van der Waals surface area (Å²) < 4.78 is 5.92. The van der Waals surface area contributed by atoms with E-state index in [-0.39, 0.29) is 6.10 Å². The molecule has 104 valence electrons. The van der Waals surface area contributed by atoms with Crippen LogP contribution in [0.1, 0.15) is 22.5 Å². The lowest BCUT2D eigenvalue weighted by Crippen LogP contribution is -2.30. The Kier molecular flexibility index (Phi) is 3.65. The van der Waals surface area contributed by atoms with Crippen LogP contribution in [-0.2, 0) is 13.0 Å². The second kappa shape index (κ2) is 5.59. The molecule has 0 saturated heterocycles. The number of aryl methyl sites for hydroxylation is 2. The highest BCUT2D eigenvalue weighted by Gasteiger charge is 2.22. The molecule has 2 aromatic rings. The highest BCUT2D eigenvalue weighted by Crippen LogP contribution is 2.29. The van der Waals surface area contributed by atoms with E-state index < -0.39 is 0 Å². The van der Waals surface area contributed by atoms with Crippen LogP contribution in [-0.4, -0.2) is 22.6 Å². The average molecular weight is 269 g/mol. The van der Waals surface area contributed by atoms with E-state index in [1.54, 1.807) is 6.20 Å². The van der Waals surface area contributed by atoms with Gasteiger partial charge in [-0.3, -0.25) is 9.97 Å². The smallest absolute Gasteiger partial charge is 0.123 e. The molecule has 2 heterocycles. The largest absolute Gasteiger partial charge is 0.488 e. The third-order valence-electron chi connectivity index (χ3n) is 3.47. The summed E-state index contributed by atoms with van der Waals surface area (Å²) in [6, 6.07) is 6.37. The number of ether oxygens (including phenoxy) is 1. The second-order valence-corrected chi connectivity index (χ2v) is 5.34. The van der Waals surface area contributed by atoms with Crippen molar-refractivity contribution in [2.24, 2.45) is 0 Å². The molecule has 0 radical (unpaired) electrons. The summed E-state index contributed by atoms with van der Waals surface area (Å²) in [5, 5.41) is 3.39. The van der Waals surface area contributed by atoms with Crippen molar-refractivity contribution in [2.75, 3.05) is 6.54 Å². The van der Waals surface area contributed by atoms with Crippen molar-refractivity contribution < 1.29 is 4.74 Å². The van der Waals surface area contributed by atoms with Gasteiger partial charge in [0.1, 0.15) is 11.9 Å². The predicted molar refractivity (Wildman–Crippen MR) is 77.8 cm³/mol. The molecule has 1 aromatic carbocycles. The van der Waals surface area contributed by atoms with Gasteiger partial charge in [0.25, 0.3) is 0 Å². The van der Waals surface area contributed by atoms with Gasteiger partial charge in [-0.05, 0) is 25.5 Å². The van der Waals surface area contributed by atoms with Gasteiger partial charge in [-0.25, -0.2) is 0 Å². The van der Waals surface area contributed by atoms with E-state index >= 15 is 0 Å². The zero-order valence-corrected chi connectivity index (χ0v) is 11.9. The van der Waals surface area contributed by atoms with Crippen molar-refractivity contribution >= 4 is 0 Å². The Morgan fingerprint density at radius 3 is 2.95 bits per heavy atom. The van der Waals surface area contributed by atoms with Crippen LogP contribution in [0, 0.1) is 13.8 Å². The van der Waals surface area contributed by atoms with Gasteiger partial charge in [-0.1, -0.05) is 17.7 Å². The first kappa shape index (κ1) is 13.1. The molecule has 1 atom stereocenters. The lowest BCUT2D eigenvalue weighted by Gasteiger charge is -2.11. The monoisotopic (exact) mass is 269 g/mol. The quantitative estimate of drug-likeness (QED) is 0.924. The van der Waals surface area contributed by atoms with Gasteiger partial charge in [-0.15, -0.1) is 0 Å². The molecular formula is C16H19N3O. The van der Waals surface area contributed by atoms with E-state index in [1.165, 1.54) is 11.1 Å². The third kappa shape index (κ3) is 2.96. The van der Waals surface area contributed by atoms with Crippen LogP contribution < -0.4 is 10.1 Å². The minimum Gasteiger partial charge on any atom is -0.488 e. The summed E-state index contributed by atoms with van der Waals surface area (Å²) >= 11 is 0. The highest BCUT2D eigenvalue weighted by atomic mass is 16.5. The van der Waals surface area contributed by atoms with Crippen LogP contribution in [0.15, 0.2) is 30.6 Å². The third-order valence-corrected chi connectivity index (χ3v) is 3.47. The van der Waals surface area contributed by atoms with Gasteiger partial charge in [0.2, 0.25) is 0 Å². The molecule has 0 bridgehead atoms. The number of fused-ring (bicyclic) bond motifs is 1. The van der Waals surface area contributed by atoms with Crippen molar-refractivity contribution in [3.8, 4) is 5.75 Å². The van der Waals surface area contributed by atoms with E-state index in [1.807, 2.05) is 13.1 Å². The fraction of sp³-hybridized carbons (Fsp3) is 0.375. The van der Waals surface area contributed by atoms with Gasteiger partial charge in [-0.2, -0.15) is 0 Å². The van der Waals surface area contributed by atoms with Crippen molar-refractivity contribution in [2.45, 2.75) is 32.9 Å². The average Bonchev–Trinajstić information content (AvgIpc) is 2.83. The summed E-state index contributed by atoms with van der Waals surface area (Å²) in [4.78, 5) is 8.57. The second-order valence-electron chi connectivity index (χ2n) is 5.34. The van der Waals surface area contributed by atoms with Crippen LogP contribution >= 0.6 is 0 Å². The Labute approximate surface area is 119 Å². The lowest BCUT2D eigenvalue weighted by molar-refractivity contribution is 0.227. The Balaban J connectivity index is 1.50. The maximum absolute atomic E-state index is 5.92. The van der Waals surface area contributed by atoms with Crippen LogP contribution in [0.3, 0.4) is 0 Å². The number of hydrogen-bond donors (Lipinski definition) is 1. The van der Waals surface area contributed by atoms with Crippen molar-refractivity contribution in [3.63, 3.8) is 0 Å². The maximum Gasteiger partial charge on any atom is 0.123 e. The molecule has 0 aliphatic carbocycles. The Morgan fingerprint density at radius 2 is 2.15 bits per heavy atom. The van der Waals surface area contributed by atoms with Gasteiger partial charge < -0.3 is 10.1 Å². The molecule has 3 rings (SSSR count). The molecule has 0 spiro atoms. The van der Waals surface area contributed by atoms with E-state index in [4.69, 9.17) is 4.74 Å². The normalized spacial score (nSPS) is 16.8. The Bertz CT molecular complexity index is 595. The maximum atomic E-state index is 5.92. The molecule has 0 amide bonds. The predicted octanol–water partition coefficient (Wildman–Crippen LogP) is 2.19. The van der Waals surface area contributed by atoms with E-state index in [0.29, 0.717) is 0 Å². The topological polar surface area (TPSA) is 47.0 Å². The van der Waals surface area contributed by atoms with Crippen molar-refractivity contribution in [1.82, 2.24) is 15.3 Å². The number of aromatic nitrogens is 2. The molecule has 4 nitrogen and oxygen atoms in total. The molecule has 1 N–H and O–H groups in total.